The van der Waals surface area contributed by atoms with Gasteiger partial charge in [-0.25, -0.2) is 4.98 Å². The second-order valence-electron chi connectivity index (χ2n) is 6.29. The Kier molecular flexibility index (Phi) is 5.89. The molecule has 0 fully saturated rings. The molecule has 6 heteroatoms. The standard InChI is InChI=1S/C19H22ClN3OS/c1-13(2)22-19-7-16(17(20)8-21-19)18-10-23(12-25-18)9-14-5-3-4-6-15(14)11-24/h3-8,10,13,24H,9,11-12H2,1-2H3,(H,21,22). The Balaban J connectivity index is 1.79. The molecule has 0 unspecified atom stereocenters. The first-order chi connectivity index (χ1) is 12.1. The van der Waals surface area contributed by atoms with Crippen molar-refractivity contribution < 1.29 is 5.11 Å². The topological polar surface area (TPSA) is 48.4 Å². The van der Waals surface area contributed by atoms with E-state index in [1.54, 1.807) is 18.0 Å². The SMILES string of the molecule is CC(C)Nc1cc(C2=CN(Cc3ccccc3CO)CS2)c(Cl)cn1. The minimum Gasteiger partial charge on any atom is -0.392 e. The van der Waals surface area contributed by atoms with Crippen molar-refractivity contribution in [1.82, 2.24) is 9.88 Å². The van der Waals surface area contributed by atoms with Gasteiger partial charge in [0, 0.05) is 35.5 Å². The second-order valence-corrected chi connectivity index (χ2v) is 7.68. The van der Waals surface area contributed by atoms with Gasteiger partial charge in [-0.1, -0.05) is 35.9 Å². The summed E-state index contributed by atoms with van der Waals surface area (Å²) in [6.07, 6.45) is 3.84. The summed E-state index contributed by atoms with van der Waals surface area (Å²) < 4.78 is 0. The van der Waals surface area contributed by atoms with Gasteiger partial charge in [0.05, 0.1) is 17.5 Å². The molecule has 2 N–H and O–H groups in total. The zero-order valence-corrected chi connectivity index (χ0v) is 15.9. The Morgan fingerprint density at radius 2 is 2.08 bits per heavy atom. The molecule has 3 rings (SSSR count). The number of hydrogen-bond acceptors (Lipinski definition) is 5. The van der Waals surface area contributed by atoms with Crippen LogP contribution in [0.3, 0.4) is 0 Å². The molecule has 0 spiro atoms. The van der Waals surface area contributed by atoms with E-state index in [0.717, 1.165) is 39.8 Å². The molecule has 0 bridgehead atoms. The third-order valence-corrected chi connectivity index (χ3v) is 5.30. The number of aromatic nitrogens is 1. The van der Waals surface area contributed by atoms with Gasteiger partial charge in [0.15, 0.2) is 0 Å². The molecular weight excluding hydrogens is 354 g/mol. The van der Waals surface area contributed by atoms with E-state index in [1.165, 1.54) is 0 Å². The highest BCUT2D eigenvalue weighted by Gasteiger charge is 2.18. The number of nitrogens with one attached hydrogen (secondary N) is 1. The van der Waals surface area contributed by atoms with Gasteiger partial charge < -0.3 is 15.3 Å². The van der Waals surface area contributed by atoms with E-state index in [4.69, 9.17) is 11.6 Å². The van der Waals surface area contributed by atoms with Crippen molar-refractivity contribution in [1.29, 1.82) is 0 Å². The van der Waals surface area contributed by atoms with Crippen molar-refractivity contribution >= 4 is 34.1 Å². The van der Waals surface area contributed by atoms with E-state index in [1.807, 2.05) is 24.3 Å². The molecule has 4 nitrogen and oxygen atoms in total. The van der Waals surface area contributed by atoms with E-state index in [9.17, 15) is 5.11 Å². The smallest absolute Gasteiger partial charge is 0.126 e. The maximum absolute atomic E-state index is 9.49. The maximum atomic E-state index is 9.49. The molecule has 25 heavy (non-hydrogen) atoms. The predicted molar refractivity (Wildman–Crippen MR) is 106 cm³/mol. The number of rotatable bonds is 6. The number of pyridine rings is 1. The Morgan fingerprint density at radius 3 is 2.80 bits per heavy atom. The van der Waals surface area contributed by atoms with Crippen molar-refractivity contribution in [3.63, 3.8) is 0 Å². The Hall–Kier alpha value is -1.69. The summed E-state index contributed by atoms with van der Waals surface area (Å²) in [6.45, 7) is 5.00. The second kappa shape index (κ2) is 8.13. The van der Waals surface area contributed by atoms with E-state index in [0.29, 0.717) is 11.1 Å². The van der Waals surface area contributed by atoms with Crippen LogP contribution in [0.5, 0.6) is 0 Å². The molecule has 1 aromatic heterocycles. The zero-order chi connectivity index (χ0) is 17.8. The largest absolute Gasteiger partial charge is 0.392 e. The summed E-state index contributed by atoms with van der Waals surface area (Å²) in [7, 11) is 0. The van der Waals surface area contributed by atoms with Gasteiger partial charge in [-0.2, -0.15) is 0 Å². The highest BCUT2D eigenvalue weighted by atomic mass is 35.5. The lowest BCUT2D eigenvalue weighted by Gasteiger charge is -2.16. The van der Waals surface area contributed by atoms with E-state index < -0.39 is 0 Å². The number of thioether (sulfide) groups is 1. The molecule has 0 amide bonds. The molecular formula is C19H22ClN3OS. The van der Waals surface area contributed by atoms with Crippen LogP contribution in [0.15, 0.2) is 42.7 Å². The predicted octanol–water partition coefficient (Wildman–Crippen LogP) is 4.55. The van der Waals surface area contributed by atoms with Crippen LogP contribution in [0, 0.1) is 0 Å². The van der Waals surface area contributed by atoms with E-state index in [2.05, 4.69) is 41.3 Å². The summed E-state index contributed by atoms with van der Waals surface area (Å²) in [4.78, 5) is 7.72. The third kappa shape index (κ3) is 4.48. The number of aliphatic hydroxyl groups excluding tert-OH is 1. The first-order valence-corrected chi connectivity index (χ1v) is 9.62. The number of halogens is 1. The van der Waals surface area contributed by atoms with Gasteiger partial charge in [-0.05, 0) is 31.0 Å². The van der Waals surface area contributed by atoms with Gasteiger partial charge in [-0.3, -0.25) is 0 Å². The van der Waals surface area contributed by atoms with Crippen LogP contribution in [0.2, 0.25) is 5.02 Å². The number of nitrogens with zero attached hydrogens (tertiary/aromatic N) is 2. The van der Waals surface area contributed by atoms with Crippen LogP contribution in [0.1, 0.15) is 30.5 Å². The Bertz CT molecular complexity index is 779. The van der Waals surface area contributed by atoms with Gasteiger partial charge in [0.2, 0.25) is 0 Å². The summed E-state index contributed by atoms with van der Waals surface area (Å²) >= 11 is 8.13. The number of anilines is 1. The fraction of sp³-hybridized carbons (Fsp3) is 0.316. The number of benzene rings is 1. The summed E-state index contributed by atoms with van der Waals surface area (Å²) in [5.41, 5.74) is 3.12. The molecule has 1 aliphatic heterocycles. The van der Waals surface area contributed by atoms with Crippen molar-refractivity contribution in [2.45, 2.75) is 33.0 Å². The van der Waals surface area contributed by atoms with Crippen molar-refractivity contribution in [3.05, 3.63) is 64.4 Å². The van der Waals surface area contributed by atoms with E-state index in [-0.39, 0.29) is 6.61 Å². The van der Waals surface area contributed by atoms with Crippen molar-refractivity contribution in [3.8, 4) is 0 Å². The number of aliphatic hydroxyl groups is 1. The minimum atomic E-state index is 0.0636. The third-order valence-electron chi connectivity index (χ3n) is 3.91. The fourth-order valence-corrected chi connectivity index (χ4v) is 4.00. The molecule has 0 saturated carbocycles. The van der Waals surface area contributed by atoms with Gasteiger partial charge in [0.25, 0.3) is 0 Å². The molecule has 132 valence electrons. The van der Waals surface area contributed by atoms with Crippen molar-refractivity contribution in [2.75, 3.05) is 11.2 Å². The molecule has 0 saturated heterocycles. The summed E-state index contributed by atoms with van der Waals surface area (Å²) in [5, 5.41) is 13.5. The van der Waals surface area contributed by atoms with Crippen molar-refractivity contribution in [2.24, 2.45) is 0 Å². The highest BCUT2D eigenvalue weighted by Crippen LogP contribution is 2.38. The molecule has 1 aliphatic rings. The van der Waals surface area contributed by atoms with Crippen LogP contribution < -0.4 is 5.32 Å². The molecule has 0 atom stereocenters. The molecule has 0 aliphatic carbocycles. The summed E-state index contributed by atoms with van der Waals surface area (Å²) in [6, 6.07) is 10.3. The average Bonchev–Trinajstić information content (AvgIpc) is 3.05. The number of hydrogen-bond donors (Lipinski definition) is 2. The quantitative estimate of drug-likeness (QED) is 0.775. The first-order valence-electron chi connectivity index (χ1n) is 8.25. The average molecular weight is 376 g/mol. The van der Waals surface area contributed by atoms with Crippen LogP contribution >= 0.6 is 23.4 Å². The lowest BCUT2D eigenvalue weighted by Crippen LogP contribution is -2.13. The molecule has 1 aromatic carbocycles. The highest BCUT2D eigenvalue weighted by molar-refractivity contribution is 8.08. The van der Waals surface area contributed by atoms with Crippen LogP contribution in [-0.2, 0) is 13.2 Å². The zero-order valence-electron chi connectivity index (χ0n) is 14.4. The van der Waals surface area contributed by atoms with Crippen LogP contribution in [-0.4, -0.2) is 26.9 Å². The van der Waals surface area contributed by atoms with Crippen LogP contribution in [0.25, 0.3) is 4.91 Å². The fourth-order valence-electron chi connectivity index (χ4n) is 2.72. The lowest BCUT2D eigenvalue weighted by molar-refractivity contribution is 0.279. The van der Waals surface area contributed by atoms with Gasteiger partial charge >= 0.3 is 0 Å². The van der Waals surface area contributed by atoms with Crippen LogP contribution in [0.4, 0.5) is 5.82 Å². The van der Waals surface area contributed by atoms with Gasteiger partial charge in [-0.15, -0.1) is 11.8 Å². The van der Waals surface area contributed by atoms with E-state index >= 15 is 0 Å². The molecule has 2 heterocycles. The Morgan fingerprint density at radius 1 is 1.32 bits per heavy atom. The minimum absolute atomic E-state index is 0.0636. The normalized spacial score (nSPS) is 14.1. The van der Waals surface area contributed by atoms with Gasteiger partial charge in [0.1, 0.15) is 5.82 Å². The monoisotopic (exact) mass is 375 g/mol. The first kappa shape index (κ1) is 18.1. The lowest BCUT2D eigenvalue weighted by atomic mass is 10.1. The molecule has 2 aromatic rings. The summed E-state index contributed by atoms with van der Waals surface area (Å²) in [5.74, 6) is 1.70. The Labute approximate surface area is 157 Å². The maximum Gasteiger partial charge on any atom is 0.126 e. The molecule has 0 radical (unpaired) electrons.